The predicted octanol–water partition coefficient (Wildman–Crippen LogP) is 17.7. The maximum absolute atomic E-state index is 13.5. The Morgan fingerprint density at radius 3 is 1.04 bits per heavy atom. The first-order chi connectivity index (χ1) is 48.9. The van der Waals surface area contributed by atoms with Gasteiger partial charge in [-0.2, -0.15) is 0 Å². The maximum Gasteiger partial charge on any atom is 0.305 e. The summed E-state index contributed by atoms with van der Waals surface area (Å²) >= 11 is 0. The van der Waals surface area contributed by atoms with Crippen LogP contribution in [0.4, 0.5) is 0 Å². The Morgan fingerprint density at radius 1 is 0.388 bits per heavy atom. The molecule has 0 bridgehead atoms. The Labute approximate surface area is 641 Å². The summed E-state index contributed by atoms with van der Waals surface area (Å²) in [5.41, 5.74) is 0. The van der Waals surface area contributed by atoms with Gasteiger partial charge in [0.05, 0.1) is 50.8 Å². The van der Waals surface area contributed by atoms with Gasteiger partial charge in [0.2, 0.25) is 0 Å². The van der Waals surface area contributed by atoms with Gasteiger partial charge in [-0.15, -0.1) is 0 Å². The molecule has 1 aliphatic rings. The van der Waals surface area contributed by atoms with E-state index in [4.69, 9.17) is 32.5 Å². The molecule has 1 heterocycles. The Balaban J connectivity index is 2.86. The standard InChI is InChI=1S/C81H160N4O14S2Si2/c1-19-67(20-2)63-94-76(89)43-31-27-39-71(86)59-84(60-72(87)40-28-32-44-77(90)95-64-68(21-3)22-4)50-38-58-101-100-57-36-35-48-82-51-53-83(54-52-82)55-56-93-75(88)47-37-49-85(61-73(98-102(15,16)80(9,10)11)41-29-33-45-78(91)96-65-69(23-5)24-6)62-74(99-103(17,18)81(12,13)14)42-30-34-46-79(92)97-66-70(25-7)26-8/h67-74,86-87H,19-66H2,1-18H3. The van der Waals surface area contributed by atoms with Gasteiger partial charge in [0.1, 0.15) is 6.61 Å². The zero-order valence-corrected chi connectivity index (χ0v) is 73.1. The second-order valence-electron chi connectivity index (χ2n) is 33.0. The first-order valence-corrected chi connectivity index (χ1v) is 49.8. The molecule has 1 rings (SSSR count). The minimum absolute atomic E-state index is 0.00154. The van der Waals surface area contributed by atoms with E-state index in [1.54, 1.807) is 0 Å². The van der Waals surface area contributed by atoms with Gasteiger partial charge >= 0.3 is 29.8 Å². The molecular formula is C81H160N4O14S2Si2. The van der Waals surface area contributed by atoms with Crippen molar-refractivity contribution in [1.29, 1.82) is 0 Å². The number of carbonyl (C=O) groups is 5. The van der Waals surface area contributed by atoms with E-state index >= 15 is 0 Å². The molecule has 1 saturated heterocycles. The molecule has 0 saturated carbocycles. The van der Waals surface area contributed by atoms with Crippen molar-refractivity contribution in [3.63, 3.8) is 0 Å². The first-order valence-electron chi connectivity index (χ1n) is 41.5. The average molecular weight is 1530 g/mol. The van der Waals surface area contributed by atoms with Gasteiger partial charge in [-0.05, 0) is 157 Å². The van der Waals surface area contributed by atoms with E-state index in [-0.39, 0.29) is 52.1 Å². The van der Waals surface area contributed by atoms with Crippen LogP contribution in [-0.4, -0.2) is 224 Å². The summed E-state index contributed by atoms with van der Waals surface area (Å²) in [6, 6.07) is 0. The molecule has 22 heteroatoms. The number of hydrogen-bond acceptors (Lipinski definition) is 20. The number of ether oxygens (including phenoxy) is 5. The third-order valence-corrected chi connectivity index (χ3v) is 34.0. The molecule has 0 aliphatic carbocycles. The molecule has 0 aromatic carbocycles. The number of aliphatic hydroxyl groups excluding tert-OH is 2. The van der Waals surface area contributed by atoms with Crippen LogP contribution < -0.4 is 0 Å². The van der Waals surface area contributed by atoms with Crippen molar-refractivity contribution < 1.29 is 66.7 Å². The molecule has 4 unspecified atom stereocenters. The van der Waals surface area contributed by atoms with E-state index in [1.165, 1.54) is 0 Å². The van der Waals surface area contributed by atoms with Gasteiger partial charge in [-0.1, -0.05) is 196 Å². The quantitative estimate of drug-likeness (QED) is 0.0191. The molecule has 0 amide bonds. The molecule has 1 aliphatic heterocycles. The highest BCUT2D eigenvalue weighted by Gasteiger charge is 2.41. The topological polar surface area (TPSA) is 203 Å². The highest BCUT2D eigenvalue weighted by Crippen LogP contribution is 2.40. The van der Waals surface area contributed by atoms with Crippen molar-refractivity contribution in [3.05, 3.63) is 0 Å². The summed E-state index contributed by atoms with van der Waals surface area (Å²) in [4.78, 5) is 73.6. The van der Waals surface area contributed by atoms with E-state index in [9.17, 15) is 34.2 Å². The highest BCUT2D eigenvalue weighted by atomic mass is 33.1. The molecule has 608 valence electrons. The van der Waals surface area contributed by atoms with E-state index in [0.29, 0.717) is 154 Å². The van der Waals surface area contributed by atoms with Gasteiger partial charge in [0.15, 0.2) is 16.6 Å². The average Bonchev–Trinajstić information content (AvgIpc) is 0.898. The SMILES string of the molecule is CCC(CC)COC(=O)CCCCC(O)CN(CCCSSCCCCN1CCN(CCOC(=O)CCCN(CC(CCCCC(=O)OCC(CC)CC)O[Si](C)(C)C(C)(C)C)CC(CCCCC(=O)OCC(CC)CC)O[Si](C)(C)C(C)(C)C)CC1)CC(O)CCCCC(=O)OCC(CC)CC. The fourth-order valence-corrected chi connectivity index (χ4v) is 17.2. The highest BCUT2D eigenvalue weighted by molar-refractivity contribution is 8.76. The maximum atomic E-state index is 13.5. The first kappa shape index (κ1) is 99.2. The summed E-state index contributed by atoms with van der Waals surface area (Å²) < 4.78 is 42.9. The number of rotatable bonds is 65. The van der Waals surface area contributed by atoms with Crippen LogP contribution in [-0.2, 0) is 56.5 Å². The Bertz CT molecular complexity index is 2040. The Kier molecular flexibility index (Phi) is 56.0. The van der Waals surface area contributed by atoms with Crippen LogP contribution in [0.3, 0.4) is 0 Å². The Morgan fingerprint density at radius 2 is 0.689 bits per heavy atom. The van der Waals surface area contributed by atoms with Crippen molar-refractivity contribution in [2.24, 2.45) is 23.7 Å². The molecule has 0 spiro atoms. The monoisotopic (exact) mass is 1530 g/mol. The van der Waals surface area contributed by atoms with Crippen LogP contribution in [0, 0.1) is 23.7 Å². The van der Waals surface area contributed by atoms with Gasteiger partial charge in [0, 0.05) is 103 Å². The number of esters is 5. The van der Waals surface area contributed by atoms with Crippen LogP contribution in [0.15, 0.2) is 0 Å². The zero-order valence-electron chi connectivity index (χ0n) is 69.5. The number of piperazine rings is 1. The van der Waals surface area contributed by atoms with Crippen LogP contribution >= 0.6 is 21.6 Å². The normalized spacial score (nSPS) is 15.0. The molecule has 18 nitrogen and oxygen atoms in total. The van der Waals surface area contributed by atoms with Crippen molar-refractivity contribution >= 4 is 68.1 Å². The van der Waals surface area contributed by atoms with E-state index in [1.807, 2.05) is 21.6 Å². The summed E-state index contributed by atoms with van der Waals surface area (Å²) in [5, 5.41) is 22.2. The fourth-order valence-electron chi connectivity index (χ4n) is 12.2. The van der Waals surface area contributed by atoms with Crippen molar-refractivity contribution in [1.82, 2.24) is 19.6 Å². The molecule has 103 heavy (non-hydrogen) atoms. The van der Waals surface area contributed by atoms with Crippen molar-refractivity contribution in [3.8, 4) is 0 Å². The Hall–Kier alpha value is -1.84. The van der Waals surface area contributed by atoms with Crippen LogP contribution in [0.5, 0.6) is 0 Å². The van der Waals surface area contributed by atoms with Gasteiger partial charge in [-0.3, -0.25) is 38.7 Å². The van der Waals surface area contributed by atoms with E-state index in [2.05, 4.69) is 143 Å². The van der Waals surface area contributed by atoms with Gasteiger partial charge in [-0.25, -0.2) is 0 Å². The van der Waals surface area contributed by atoms with Crippen LogP contribution in [0.2, 0.25) is 36.3 Å². The lowest BCUT2D eigenvalue weighted by atomic mass is 10.1. The number of unbranched alkanes of at least 4 members (excludes halogenated alkanes) is 5. The molecule has 0 aromatic rings. The number of nitrogens with zero attached hydrogens (tertiary/aromatic N) is 4. The van der Waals surface area contributed by atoms with Crippen LogP contribution in [0.25, 0.3) is 0 Å². The van der Waals surface area contributed by atoms with Crippen molar-refractivity contribution in [2.75, 3.05) is 123 Å². The minimum Gasteiger partial charge on any atom is -0.465 e. The molecular weight excluding hydrogens is 1370 g/mol. The minimum atomic E-state index is -2.22. The molecule has 1 fully saturated rings. The fraction of sp³-hybridized carbons (Fsp3) is 0.938. The molecule has 4 atom stereocenters. The van der Waals surface area contributed by atoms with Gasteiger partial charge in [0.25, 0.3) is 0 Å². The molecule has 2 N–H and O–H groups in total. The van der Waals surface area contributed by atoms with E-state index < -0.39 is 28.8 Å². The third kappa shape index (κ3) is 49.1. The lowest BCUT2D eigenvalue weighted by molar-refractivity contribution is -0.146. The summed E-state index contributed by atoms with van der Waals surface area (Å²) in [5.74, 6) is 2.91. The smallest absolute Gasteiger partial charge is 0.305 e. The second-order valence-corrected chi connectivity index (χ2v) is 45.2. The lowest BCUT2D eigenvalue weighted by Gasteiger charge is -2.42. The zero-order chi connectivity index (χ0) is 77.1. The lowest BCUT2D eigenvalue weighted by Crippen LogP contribution is -2.50. The number of carbonyl (C=O) groups excluding carboxylic acids is 5. The molecule has 0 radical (unpaired) electrons. The predicted molar refractivity (Wildman–Crippen MR) is 435 cm³/mol. The summed E-state index contributed by atoms with van der Waals surface area (Å²) in [7, 11) is -0.623. The van der Waals surface area contributed by atoms with Crippen molar-refractivity contribution in [2.45, 2.75) is 344 Å². The second kappa shape index (κ2) is 58.1. The summed E-state index contributed by atoms with van der Waals surface area (Å²) in [6.07, 6.45) is 21.2. The number of hydrogen-bond donors (Lipinski definition) is 2. The van der Waals surface area contributed by atoms with Gasteiger partial charge < -0.3 is 47.6 Å². The van der Waals surface area contributed by atoms with E-state index in [0.717, 1.165) is 179 Å². The largest absolute Gasteiger partial charge is 0.465 e. The number of aliphatic hydroxyl groups is 2. The molecule has 0 aromatic heterocycles. The third-order valence-electron chi connectivity index (χ3n) is 22.3. The van der Waals surface area contributed by atoms with Crippen LogP contribution in [0.1, 0.15) is 283 Å². The summed E-state index contributed by atoms with van der Waals surface area (Å²) in [6.45, 7) is 51.8.